The Morgan fingerprint density at radius 2 is 1.79 bits per heavy atom. The fourth-order valence-corrected chi connectivity index (χ4v) is 5.36. The zero-order chi connectivity index (χ0) is 21.1. The number of nitrogens with zero attached hydrogens (tertiary/aromatic N) is 1. The van der Waals surface area contributed by atoms with Crippen LogP contribution in [0.25, 0.3) is 4.90 Å². The number of benzene rings is 2. The number of rotatable bonds is 6. The molecule has 1 heterocycles. The monoisotopic (exact) mass is 447 g/mol. The molecule has 2 atom stereocenters. The molecule has 3 aromatic rings. The molecule has 0 aliphatic heterocycles. The van der Waals surface area contributed by atoms with E-state index in [4.69, 9.17) is 23.2 Å². The van der Waals surface area contributed by atoms with Crippen molar-refractivity contribution in [3.8, 4) is 4.90 Å². The maximum atomic E-state index is 13.4. The Morgan fingerprint density at radius 1 is 1.10 bits per heavy atom. The van der Waals surface area contributed by atoms with Crippen LogP contribution in [0.5, 0.6) is 0 Å². The molecule has 7 heteroatoms. The summed E-state index contributed by atoms with van der Waals surface area (Å²) in [6.07, 6.45) is 0.633. The van der Waals surface area contributed by atoms with Crippen molar-refractivity contribution in [3.63, 3.8) is 0 Å². The molecule has 0 spiro atoms. The van der Waals surface area contributed by atoms with Gasteiger partial charge in [-0.2, -0.15) is 0 Å². The van der Waals surface area contributed by atoms with Gasteiger partial charge in [-0.3, -0.25) is 4.79 Å². The van der Waals surface area contributed by atoms with E-state index >= 15 is 0 Å². The molecule has 0 aliphatic carbocycles. The van der Waals surface area contributed by atoms with E-state index in [0.29, 0.717) is 17.1 Å². The van der Waals surface area contributed by atoms with E-state index in [0.717, 1.165) is 4.90 Å². The number of thiophene rings is 1. The van der Waals surface area contributed by atoms with Crippen LogP contribution in [0, 0.1) is 0 Å². The van der Waals surface area contributed by atoms with Crippen LogP contribution in [0.2, 0.25) is 10.0 Å². The Labute approximate surface area is 182 Å². The molecule has 150 valence electrons. The summed E-state index contributed by atoms with van der Waals surface area (Å²) >= 11 is 12.2. The predicted molar refractivity (Wildman–Crippen MR) is 118 cm³/mol. The first kappa shape index (κ1) is 21.4. The van der Waals surface area contributed by atoms with Gasteiger partial charge >= 0.3 is 0 Å². The van der Waals surface area contributed by atoms with Gasteiger partial charge in [0.05, 0.1) is 10.6 Å². The standard InChI is InChI=1S/C22H19Cl2NO3S/c1-3-14(2)25(21(26)17-10-9-15(23)13-18(17)24)19-11-12-29(20(19)22(27)28)16-7-5-4-6-8-16/h4-14H,3H2,1-2H3. The molecule has 0 aliphatic rings. The van der Waals surface area contributed by atoms with Crippen molar-refractivity contribution in [2.24, 2.45) is 0 Å². The molecule has 0 fully saturated rings. The Kier molecular flexibility index (Phi) is 6.63. The number of hydrogen-bond acceptors (Lipinski definition) is 3. The van der Waals surface area contributed by atoms with Crippen molar-refractivity contribution >= 4 is 51.2 Å². The molecule has 1 aromatic heterocycles. The lowest BCUT2D eigenvalue weighted by Crippen LogP contribution is -2.40. The predicted octanol–water partition coefficient (Wildman–Crippen LogP) is 5.54. The Balaban J connectivity index is 2.16. The van der Waals surface area contributed by atoms with E-state index in [1.165, 1.54) is 11.0 Å². The average Bonchev–Trinajstić information content (AvgIpc) is 3.13. The summed E-state index contributed by atoms with van der Waals surface area (Å²) in [5, 5.41) is 14.5. The van der Waals surface area contributed by atoms with Crippen molar-refractivity contribution in [3.05, 3.63) is 80.5 Å². The van der Waals surface area contributed by atoms with Crippen LogP contribution >= 0.6 is 33.7 Å². The van der Waals surface area contributed by atoms with E-state index in [2.05, 4.69) is 0 Å². The summed E-state index contributed by atoms with van der Waals surface area (Å²) in [6.45, 7) is 3.80. The van der Waals surface area contributed by atoms with Crippen LogP contribution in [0.15, 0.2) is 60.0 Å². The second-order valence-electron chi connectivity index (χ2n) is 6.51. The maximum absolute atomic E-state index is 13.4. The minimum Gasteiger partial charge on any atom is -0.540 e. The molecule has 1 amide bonds. The van der Waals surface area contributed by atoms with Crippen LogP contribution in [-0.4, -0.2) is 17.9 Å². The molecule has 0 radical (unpaired) electrons. The van der Waals surface area contributed by atoms with Crippen molar-refractivity contribution in [2.75, 3.05) is 4.90 Å². The largest absolute Gasteiger partial charge is 0.540 e. The van der Waals surface area contributed by atoms with Gasteiger partial charge in [0.25, 0.3) is 5.91 Å². The van der Waals surface area contributed by atoms with E-state index in [1.54, 1.807) is 18.2 Å². The first-order chi connectivity index (χ1) is 13.8. The normalized spacial score (nSPS) is 12.5. The number of hydrogen-bond donors (Lipinski definition) is 0. The summed E-state index contributed by atoms with van der Waals surface area (Å²) in [5.74, 6) is -1.67. The molecule has 3 rings (SSSR count). The number of carbonyl (C=O) groups excluding carboxylic acids is 2. The third kappa shape index (κ3) is 4.32. The third-order valence-corrected chi connectivity index (χ3v) is 7.22. The quantitative estimate of drug-likeness (QED) is 0.465. The Hall–Kier alpha value is -2.34. The maximum Gasteiger partial charge on any atom is 0.260 e. The summed E-state index contributed by atoms with van der Waals surface area (Å²) in [4.78, 5) is 27.9. The van der Waals surface area contributed by atoms with Crippen molar-refractivity contribution < 1.29 is 14.7 Å². The lowest BCUT2D eigenvalue weighted by atomic mass is 10.1. The van der Waals surface area contributed by atoms with Gasteiger partial charge in [-0.05, 0) is 43.7 Å². The average molecular weight is 448 g/mol. The fraction of sp³-hybridized carbons (Fsp3) is 0.182. The number of amides is 1. The second-order valence-corrected chi connectivity index (χ2v) is 9.18. The van der Waals surface area contributed by atoms with E-state index in [9.17, 15) is 14.7 Å². The first-order valence-electron chi connectivity index (χ1n) is 9.05. The first-order valence-corrected chi connectivity index (χ1v) is 11.1. The van der Waals surface area contributed by atoms with Crippen LogP contribution in [-0.2, 0) is 0 Å². The molecule has 2 aromatic carbocycles. The highest BCUT2D eigenvalue weighted by Gasteiger charge is 2.33. The van der Waals surface area contributed by atoms with E-state index in [1.807, 2.05) is 49.6 Å². The van der Waals surface area contributed by atoms with Crippen molar-refractivity contribution in [1.29, 1.82) is 0 Å². The van der Waals surface area contributed by atoms with Gasteiger partial charge in [-0.25, -0.2) is 0 Å². The highest BCUT2D eigenvalue weighted by molar-refractivity contribution is 7.40. The van der Waals surface area contributed by atoms with Gasteiger partial charge in [0.1, 0.15) is 17.0 Å². The molecule has 29 heavy (non-hydrogen) atoms. The summed E-state index contributed by atoms with van der Waals surface area (Å²) in [7, 11) is -0.821. The summed E-state index contributed by atoms with van der Waals surface area (Å²) < 4.78 is 0. The zero-order valence-corrected chi connectivity index (χ0v) is 18.2. The topological polar surface area (TPSA) is 60.4 Å². The lowest BCUT2D eigenvalue weighted by molar-refractivity contribution is -0.254. The van der Waals surface area contributed by atoms with Crippen LogP contribution in [0.1, 0.15) is 40.3 Å². The smallest absolute Gasteiger partial charge is 0.260 e. The minimum atomic E-state index is -1.29. The number of carboxylic acids is 1. The van der Waals surface area contributed by atoms with Crippen LogP contribution < -0.4 is 10.0 Å². The van der Waals surface area contributed by atoms with Gasteiger partial charge in [-0.15, -0.1) is 0 Å². The molecule has 0 bridgehead atoms. The highest BCUT2D eigenvalue weighted by Crippen LogP contribution is 2.42. The van der Waals surface area contributed by atoms with Gasteiger partial charge in [0, 0.05) is 27.6 Å². The van der Waals surface area contributed by atoms with Crippen molar-refractivity contribution in [1.82, 2.24) is 0 Å². The lowest BCUT2D eigenvalue weighted by Gasteiger charge is -2.28. The summed E-state index contributed by atoms with van der Waals surface area (Å²) in [6, 6.07) is 15.4. The SMILES string of the molecule is CCC(C)N(C(=O)c1ccc(Cl)cc1Cl)c1cc[s+](-c2ccccc2)c1C(=O)[O-]. The Bertz CT molecular complexity index is 1050. The van der Waals surface area contributed by atoms with Gasteiger partial charge in [-0.1, -0.05) is 48.3 Å². The third-order valence-electron chi connectivity index (χ3n) is 4.67. The van der Waals surface area contributed by atoms with Crippen LogP contribution in [0.4, 0.5) is 5.69 Å². The molecule has 4 nitrogen and oxygen atoms in total. The molecular formula is C22H19Cl2NO3S. The summed E-state index contributed by atoms with van der Waals surface area (Å²) in [5.41, 5.74) is 0.601. The number of anilines is 1. The number of carbonyl (C=O) groups is 2. The molecule has 0 saturated heterocycles. The van der Waals surface area contributed by atoms with Gasteiger partial charge < -0.3 is 14.8 Å². The zero-order valence-electron chi connectivity index (χ0n) is 15.9. The second kappa shape index (κ2) is 8.99. The van der Waals surface area contributed by atoms with Crippen molar-refractivity contribution in [2.45, 2.75) is 26.3 Å². The number of carboxylic acid groups (broad SMARTS) is 1. The van der Waals surface area contributed by atoms with E-state index < -0.39 is 16.4 Å². The molecule has 0 saturated carbocycles. The van der Waals surface area contributed by atoms with Gasteiger partial charge in [0.2, 0.25) is 4.88 Å². The van der Waals surface area contributed by atoms with E-state index in [-0.39, 0.29) is 27.4 Å². The highest BCUT2D eigenvalue weighted by atomic mass is 35.5. The van der Waals surface area contributed by atoms with Crippen LogP contribution in [0.3, 0.4) is 0 Å². The molecule has 2 unspecified atom stereocenters. The molecular weight excluding hydrogens is 429 g/mol. The fourth-order valence-electron chi connectivity index (χ4n) is 3.06. The number of aromatic carboxylic acids is 1. The molecule has 0 N–H and O–H groups in total. The Morgan fingerprint density at radius 3 is 2.38 bits per heavy atom. The minimum absolute atomic E-state index is 0.0925. The number of halogens is 2. The van der Waals surface area contributed by atoms with Gasteiger partial charge in [0.15, 0.2) is 4.90 Å².